The van der Waals surface area contributed by atoms with Crippen molar-refractivity contribution in [1.82, 2.24) is 19.5 Å². The van der Waals surface area contributed by atoms with Gasteiger partial charge in [0.15, 0.2) is 17.0 Å². The number of hydrogen-bond acceptors (Lipinski definition) is 5. The normalized spacial score (nSPS) is 24.3. The smallest absolute Gasteiger partial charge is 0.167 e. The van der Waals surface area contributed by atoms with Gasteiger partial charge in [-0.2, -0.15) is 21.1 Å². The fourth-order valence-corrected chi connectivity index (χ4v) is 3.35. The number of rotatable bonds is 5. The average Bonchev–Trinajstić information content (AvgIpc) is 3.17. The van der Waals surface area contributed by atoms with Crippen molar-refractivity contribution in [1.29, 1.82) is 0 Å². The topological polar surface area (TPSA) is 93.1 Å². The van der Waals surface area contributed by atoms with Gasteiger partial charge in [-0.05, 0) is 12.3 Å². The number of hydrogen-bond donors (Lipinski definition) is 1. The summed E-state index contributed by atoms with van der Waals surface area (Å²) in [5, 5.41) is 10.7. The van der Waals surface area contributed by atoms with Crippen LogP contribution >= 0.6 is 0 Å². The van der Waals surface area contributed by atoms with Crippen molar-refractivity contribution in [2.75, 3.05) is 33.5 Å². The number of ether oxygens (including phenoxy) is 1. The van der Waals surface area contributed by atoms with Crippen LogP contribution in [0.25, 0.3) is 21.8 Å². The van der Waals surface area contributed by atoms with Gasteiger partial charge in [0.2, 0.25) is 0 Å². The van der Waals surface area contributed by atoms with Crippen LogP contribution in [0.2, 0.25) is 0 Å². The fraction of sp³-hybridized carbons (Fsp3) is 0.722. The molecule has 0 saturated carbocycles. The molecule has 2 aromatic heterocycles. The standard InChI is InChI=1S/C16H25N6O.C2H6N.Y/c1-6-11-9(2)10(3)16(23-11)22-8-19-13-14(18-5)20-12(7-17-4)21-15(13)22;1-3-2;/h8-11,16H,6-7H2,1-5H3,(H,18,20,21);1-2H3;/q2*-1;/t9-,10+,11+,16+;;/m0../s1. The van der Waals surface area contributed by atoms with Crippen molar-refractivity contribution >= 4 is 17.0 Å². The number of anilines is 1. The molecule has 8 nitrogen and oxygen atoms in total. The second-order valence-electron chi connectivity index (χ2n) is 6.68. The molecule has 3 heterocycles. The van der Waals surface area contributed by atoms with Crippen molar-refractivity contribution in [3.05, 3.63) is 22.8 Å². The molecule has 1 N–H and O–H groups in total. The van der Waals surface area contributed by atoms with Gasteiger partial charge in [0.05, 0.1) is 12.4 Å². The Kier molecular flexibility index (Phi) is 10.3. The van der Waals surface area contributed by atoms with Crippen molar-refractivity contribution in [2.45, 2.75) is 46.1 Å². The van der Waals surface area contributed by atoms with Crippen LogP contribution in [-0.2, 0) is 44.0 Å². The molecule has 0 bridgehead atoms. The molecule has 27 heavy (non-hydrogen) atoms. The van der Waals surface area contributed by atoms with Crippen molar-refractivity contribution < 1.29 is 37.4 Å². The average molecular weight is 450 g/mol. The molecule has 0 spiro atoms. The van der Waals surface area contributed by atoms with Crippen LogP contribution in [0.5, 0.6) is 0 Å². The zero-order chi connectivity index (χ0) is 19.3. The molecular formula is C18H31N7OY-2. The van der Waals surface area contributed by atoms with Crippen LogP contribution in [0.15, 0.2) is 6.33 Å². The summed E-state index contributed by atoms with van der Waals surface area (Å²) in [6.45, 7) is 7.15. The first-order valence-electron chi connectivity index (χ1n) is 9.12. The number of fused-ring (bicyclic) bond motifs is 1. The van der Waals surface area contributed by atoms with E-state index >= 15 is 0 Å². The minimum absolute atomic E-state index is 0. The quantitative estimate of drug-likeness (QED) is 0.752. The van der Waals surface area contributed by atoms with Gasteiger partial charge < -0.3 is 20.7 Å². The molecule has 4 atom stereocenters. The number of nitrogens with one attached hydrogen (secondary N) is 1. The van der Waals surface area contributed by atoms with Crippen LogP contribution in [0.1, 0.15) is 39.2 Å². The maximum absolute atomic E-state index is 6.28. The summed E-state index contributed by atoms with van der Waals surface area (Å²) < 4.78 is 8.33. The molecular weight excluding hydrogens is 419 g/mol. The molecule has 9 heteroatoms. The van der Waals surface area contributed by atoms with E-state index in [0.717, 1.165) is 23.4 Å². The van der Waals surface area contributed by atoms with Gasteiger partial charge in [-0.1, -0.05) is 27.3 Å². The third-order valence-electron chi connectivity index (χ3n) is 4.86. The largest absolute Gasteiger partial charge is 0.668 e. The van der Waals surface area contributed by atoms with Gasteiger partial charge >= 0.3 is 0 Å². The van der Waals surface area contributed by atoms with E-state index < -0.39 is 0 Å². The zero-order valence-corrected chi connectivity index (χ0v) is 20.3. The van der Waals surface area contributed by atoms with Crippen LogP contribution in [0.4, 0.5) is 5.82 Å². The van der Waals surface area contributed by atoms with Crippen molar-refractivity contribution in [3.8, 4) is 0 Å². The van der Waals surface area contributed by atoms with Crippen LogP contribution in [0, 0.1) is 11.8 Å². The van der Waals surface area contributed by atoms with Crippen LogP contribution in [-0.4, -0.2) is 53.8 Å². The summed E-state index contributed by atoms with van der Waals surface area (Å²) in [6, 6.07) is 0. The van der Waals surface area contributed by atoms with E-state index in [0.29, 0.717) is 24.2 Å². The van der Waals surface area contributed by atoms with Gasteiger partial charge in [0.1, 0.15) is 12.1 Å². The van der Waals surface area contributed by atoms with Gasteiger partial charge in [0.25, 0.3) is 0 Å². The number of aromatic nitrogens is 4. The summed E-state index contributed by atoms with van der Waals surface area (Å²) in [6.07, 6.45) is 3.08. The molecule has 3 rings (SSSR count). The van der Waals surface area contributed by atoms with Gasteiger partial charge in [-0.25, -0.2) is 15.0 Å². The minimum atomic E-state index is -0.0361. The molecule has 149 valence electrons. The van der Waals surface area contributed by atoms with Crippen LogP contribution < -0.4 is 5.32 Å². The van der Waals surface area contributed by atoms with E-state index in [2.05, 4.69) is 51.7 Å². The molecule has 0 aromatic carbocycles. The molecule has 0 unspecified atom stereocenters. The Morgan fingerprint density at radius 1 is 1.19 bits per heavy atom. The second kappa shape index (κ2) is 11.4. The Labute approximate surface area is 187 Å². The SMILES string of the molecule is CC[C@H]1O[C@@H](n2cnc3c(NC)nc(C[N-]C)nc32)[C@H](C)[C@@H]1C.C[N-]C.[Y]. The first-order chi connectivity index (χ1) is 12.5. The Bertz CT molecular complexity index is 708. The summed E-state index contributed by atoms with van der Waals surface area (Å²) in [5.74, 6) is 2.35. The van der Waals surface area contributed by atoms with Crippen molar-refractivity contribution in [2.24, 2.45) is 11.8 Å². The van der Waals surface area contributed by atoms with E-state index in [4.69, 9.17) is 4.74 Å². The van der Waals surface area contributed by atoms with Crippen LogP contribution in [0.3, 0.4) is 0 Å². The van der Waals surface area contributed by atoms with E-state index in [9.17, 15) is 0 Å². The Morgan fingerprint density at radius 2 is 1.85 bits per heavy atom. The fourth-order valence-electron chi connectivity index (χ4n) is 3.35. The Morgan fingerprint density at radius 3 is 2.37 bits per heavy atom. The van der Waals surface area contributed by atoms with E-state index in [-0.39, 0.29) is 45.0 Å². The number of nitrogens with zero attached hydrogens (tertiary/aromatic N) is 6. The molecule has 2 aromatic rings. The molecule has 1 fully saturated rings. The Hall–Kier alpha value is -0.666. The summed E-state index contributed by atoms with van der Waals surface area (Å²) in [5.41, 5.74) is 1.58. The molecule has 0 aliphatic carbocycles. The Balaban J connectivity index is 0.000000855. The van der Waals surface area contributed by atoms with Gasteiger partial charge in [0, 0.05) is 45.7 Å². The molecule has 1 aliphatic rings. The van der Waals surface area contributed by atoms with Crippen molar-refractivity contribution in [3.63, 3.8) is 0 Å². The minimum Gasteiger partial charge on any atom is -0.668 e. The first kappa shape index (κ1) is 24.4. The van der Waals surface area contributed by atoms with E-state index in [1.807, 2.05) is 17.9 Å². The summed E-state index contributed by atoms with van der Waals surface area (Å²) in [4.78, 5) is 13.7. The second-order valence-corrected chi connectivity index (χ2v) is 6.68. The summed E-state index contributed by atoms with van der Waals surface area (Å²) in [7, 11) is 7.11. The van der Waals surface area contributed by atoms with E-state index in [1.54, 1.807) is 21.1 Å². The number of imidazole rings is 1. The predicted molar refractivity (Wildman–Crippen MR) is 106 cm³/mol. The molecule has 0 amide bonds. The van der Waals surface area contributed by atoms with Gasteiger partial charge in [-0.3, -0.25) is 4.57 Å². The first-order valence-corrected chi connectivity index (χ1v) is 9.12. The monoisotopic (exact) mass is 450 g/mol. The predicted octanol–water partition coefficient (Wildman–Crippen LogP) is 3.57. The third kappa shape index (κ3) is 5.23. The maximum atomic E-state index is 6.28. The van der Waals surface area contributed by atoms with Gasteiger partial charge in [-0.15, -0.1) is 0 Å². The van der Waals surface area contributed by atoms with E-state index in [1.165, 1.54) is 0 Å². The molecule has 1 radical (unpaired) electrons. The third-order valence-corrected chi connectivity index (χ3v) is 4.86. The summed E-state index contributed by atoms with van der Waals surface area (Å²) >= 11 is 0. The maximum Gasteiger partial charge on any atom is 0.167 e. The molecule has 1 saturated heterocycles. The zero-order valence-electron chi connectivity index (χ0n) is 17.5. The molecule has 1 aliphatic heterocycles.